The number of fused-ring (bicyclic) bond motifs is 1. The Hall–Kier alpha value is -2.48. The Labute approximate surface area is 176 Å². The molecular weight excluding hydrogens is 428 g/mol. The van der Waals surface area contributed by atoms with Crippen molar-refractivity contribution in [3.8, 4) is 11.1 Å². The number of nitrogens with zero attached hydrogens (tertiary/aromatic N) is 1. The predicted octanol–water partition coefficient (Wildman–Crippen LogP) is 4.63. The van der Waals surface area contributed by atoms with Crippen molar-refractivity contribution in [2.75, 3.05) is 5.75 Å². The molecule has 0 spiro atoms. The smallest absolute Gasteiger partial charge is 0.260 e. The minimum atomic E-state index is -3.45. The number of sulfone groups is 1. The first-order chi connectivity index (χ1) is 13.8. The largest absolute Gasteiger partial charge is 0.310 e. The fourth-order valence-corrected chi connectivity index (χ4v) is 5.39. The Kier molecular flexibility index (Phi) is 5.29. The van der Waals surface area contributed by atoms with Crippen LogP contribution in [0.4, 0.5) is 0 Å². The number of thiophene rings is 1. The molecule has 0 aliphatic heterocycles. The third-order valence-electron chi connectivity index (χ3n) is 4.64. The molecule has 4 aromatic rings. The number of halogens is 1. The molecule has 0 unspecified atom stereocenters. The number of benzene rings is 2. The SMILES string of the molecule is Cc1ccc(S(=O)(=O)CCc2nc3scc(-c4ccc(Cl)cc4)c3c(=O)[nH]2)cc1. The zero-order chi connectivity index (χ0) is 20.6. The van der Waals surface area contributed by atoms with Crippen LogP contribution in [0.25, 0.3) is 21.3 Å². The van der Waals surface area contributed by atoms with Gasteiger partial charge in [0.2, 0.25) is 0 Å². The van der Waals surface area contributed by atoms with E-state index in [1.807, 2.05) is 24.4 Å². The van der Waals surface area contributed by atoms with E-state index >= 15 is 0 Å². The number of nitrogens with one attached hydrogen (secondary N) is 1. The van der Waals surface area contributed by atoms with Crippen molar-refractivity contribution in [2.45, 2.75) is 18.2 Å². The van der Waals surface area contributed by atoms with E-state index in [0.717, 1.165) is 16.7 Å². The normalized spacial score (nSPS) is 11.8. The van der Waals surface area contributed by atoms with E-state index in [9.17, 15) is 13.2 Å². The molecule has 2 aromatic carbocycles. The zero-order valence-corrected chi connectivity index (χ0v) is 17.9. The van der Waals surface area contributed by atoms with Crippen molar-refractivity contribution < 1.29 is 8.42 Å². The minimum Gasteiger partial charge on any atom is -0.310 e. The summed E-state index contributed by atoms with van der Waals surface area (Å²) in [5.74, 6) is 0.239. The quantitative estimate of drug-likeness (QED) is 0.486. The topological polar surface area (TPSA) is 79.9 Å². The Balaban J connectivity index is 1.62. The van der Waals surface area contributed by atoms with E-state index < -0.39 is 9.84 Å². The first-order valence-electron chi connectivity index (χ1n) is 8.89. The Morgan fingerprint density at radius 1 is 1.07 bits per heavy atom. The maximum Gasteiger partial charge on any atom is 0.260 e. The predicted molar refractivity (Wildman–Crippen MR) is 118 cm³/mol. The number of aryl methyl sites for hydroxylation is 2. The summed E-state index contributed by atoms with van der Waals surface area (Å²) >= 11 is 7.30. The van der Waals surface area contributed by atoms with E-state index in [1.54, 1.807) is 36.4 Å². The van der Waals surface area contributed by atoms with E-state index in [-0.39, 0.29) is 22.6 Å². The van der Waals surface area contributed by atoms with Gasteiger partial charge in [-0.2, -0.15) is 0 Å². The molecule has 148 valence electrons. The van der Waals surface area contributed by atoms with Gasteiger partial charge in [-0.1, -0.05) is 41.4 Å². The zero-order valence-electron chi connectivity index (χ0n) is 15.5. The molecule has 1 N–H and O–H groups in total. The van der Waals surface area contributed by atoms with Gasteiger partial charge in [-0.25, -0.2) is 13.4 Å². The molecule has 0 aliphatic carbocycles. The summed E-state index contributed by atoms with van der Waals surface area (Å²) in [6, 6.07) is 14.0. The van der Waals surface area contributed by atoms with Crippen LogP contribution in [-0.2, 0) is 16.3 Å². The van der Waals surface area contributed by atoms with E-state index in [2.05, 4.69) is 9.97 Å². The van der Waals surface area contributed by atoms with Crippen LogP contribution in [0.15, 0.2) is 63.6 Å². The number of H-pyrrole nitrogens is 1. The van der Waals surface area contributed by atoms with Gasteiger partial charge in [0.25, 0.3) is 5.56 Å². The molecule has 29 heavy (non-hydrogen) atoms. The van der Waals surface area contributed by atoms with Gasteiger partial charge in [-0.05, 0) is 36.8 Å². The molecule has 2 heterocycles. The first-order valence-corrected chi connectivity index (χ1v) is 11.8. The summed E-state index contributed by atoms with van der Waals surface area (Å²) in [6.45, 7) is 1.90. The van der Waals surface area contributed by atoms with Crippen molar-refractivity contribution in [1.29, 1.82) is 0 Å². The molecule has 0 aliphatic rings. The minimum absolute atomic E-state index is 0.125. The lowest BCUT2D eigenvalue weighted by Gasteiger charge is -2.05. The highest BCUT2D eigenvalue weighted by molar-refractivity contribution is 7.91. The highest BCUT2D eigenvalue weighted by Crippen LogP contribution is 2.31. The van der Waals surface area contributed by atoms with Crippen LogP contribution in [0.5, 0.6) is 0 Å². The molecule has 4 rings (SSSR count). The summed E-state index contributed by atoms with van der Waals surface area (Å²) in [5, 5.41) is 3.00. The second-order valence-corrected chi connectivity index (χ2v) is 10.1. The lowest BCUT2D eigenvalue weighted by molar-refractivity contribution is 0.594. The van der Waals surface area contributed by atoms with Gasteiger partial charge in [0.05, 0.1) is 16.0 Å². The highest BCUT2D eigenvalue weighted by atomic mass is 35.5. The molecule has 5 nitrogen and oxygen atoms in total. The van der Waals surface area contributed by atoms with Crippen LogP contribution < -0.4 is 5.56 Å². The van der Waals surface area contributed by atoms with E-state index in [0.29, 0.717) is 21.1 Å². The van der Waals surface area contributed by atoms with Gasteiger partial charge in [0.1, 0.15) is 10.7 Å². The molecule has 0 radical (unpaired) electrons. The first kappa shape index (κ1) is 19.8. The standard InChI is InChI=1S/C21H17ClN2O3S2/c1-13-2-8-16(9-3-13)29(26,27)11-10-18-23-20(25)19-17(12-28-21(19)24-18)14-4-6-15(22)7-5-14/h2-9,12H,10-11H2,1H3,(H,23,24,25). The molecule has 0 amide bonds. The molecule has 0 bridgehead atoms. The summed E-state index contributed by atoms with van der Waals surface area (Å²) in [5.41, 5.74) is 2.38. The molecule has 0 atom stereocenters. The fraction of sp³-hybridized carbons (Fsp3) is 0.143. The Bertz CT molecular complexity index is 1340. The molecule has 0 saturated carbocycles. The van der Waals surface area contributed by atoms with Crippen molar-refractivity contribution >= 4 is 43.0 Å². The van der Waals surface area contributed by atoms with Crippen molar-refractivity contribution in [3.05, 3.63) is 80.7 Å². The van der Waals surface area contributed by atoms with E-state index in [4.69, 9.17) is 11.6 Å². The number of aromatic amines is 1. The molecule has 2 aromatic heterocycles. The maximum absolute atomic E-state index is 12.7. The number of hydrogen-bond acceptors (Lipinski definition) is 5. The Morgan fingerprint density at radius 2 is 1.76 bits per heavy atom. The maximum atomic E-state index is 12.7. The van der Waals surface area contributed by atoms with Gasteiger partial charge in [0.15, 0.2) is 9.84 Å². The van der Waals surface area contributed by atoms with Crippen LogP contribution in [0, 0.1) is 6.92 Å². The monoisotopic (exact) mass is 444 g/mol. The van der Waals surface area contributed by atoms with Crippen molar-refractivity contribution in [2.24, 2.45) is 0 Å². The molecule has 0 saturated heterocycles. The average Bonchev–Trinajstić information content (AvgIpc) is 3.12. The third-order valence-corrected chi connectivity index (χ3v) is 7.49. The Morgan fingerprint density at radius 3 is 2.45 bits per heavy atom. The van der Waals surface area contributed by atoms with Crippen LogP contribution in [0.3, 0.4) is 0 Å². The van der Waals surface area contributed by atoms with Crippen molar-refractivity contribution in [3.63, 3.8) is 0 Å². The molecular formula is C21H17ClN2O3S2. The number of hydrogen-bond donors (Lipinski definition) is 1. The second kappa shape index (κ2) is 7.74. The van der Waals surface area contributed by atoms with Gasteiger partial charge in [-0.15, -0.1) is 11.3 Å². The van der Waals surface area contributed by atoms with Crippen LogP contribution in [0.1, 0.15) is 11.4 Å². The van der Waals surface area contributed by atoms with Gasteiger partial charge < -0.3 is 4.98 Å². The molecule has 0 fully saturated rings. The van der Waals surface area contributed by atoms with Crippen molar-refractivity contribution in [1.82, 2.24) is 9.97 Å². The highest BCUT2D eigenvalue weighted by Gasteiger charge is 2.17. The summed E-state index contributed by atoms with van der Waals surface area (Å²) in [4.78, 5) is 20.8. The lowest BCUT2D eigenvalue weighted by atomic mass is 10.1. The van der Waals surface area contributed by atoms with E-state index in [1.165, 1.54) is 11.3 Å². The van der Waals surface area contributed by atoms with Crippen LogP contribution in [-0.4, -0.2) is 24.1 Å². The van der Waals surface area contributed by atoms with Gasteiger partial charge in [0, 0.05) is 22.4 Å². The summed E-state index contributed by atoms with van der Waals surface area (Å²) in [7, 11) is -3.45. The average molecular weight is 445 g/mol. The van der Waals surface area contributed by atoms with Gasteiger partial charge in [-0.3, -0.25) is 4.79 Å². The summed E-state index contributed by atoms with van der Waals surface area (Å²) < 4.78 is 25.1. The molecule has 8 heteroatoms. The van der Waals surface area contributed by atoms with Crippen LogP contribution >= 0.6 is 22.9 Å². The van der Waals surface area contributed by atoms with Crippen LogP contribution in [0.2, 0.25) is 5.02 Å². The number of aromatic nitrogens is 2. The lowest BCUT2D eigenvalue weighted by Crippen LogP contribution is -2.15. The fourth-order valence-electron chi connectivity index (χ4n) is 3.05. The summed E-state index contributed by atoms with van der Waals surface area (Å²) in [6.07, 6.45) is 0.134. The second-order valence-electron chi connectivity index (χ2n) is 6.73. The third kappa shape index (κ3) is 4.12. The number of rotatable bonds is 5. The van der Waals surface area contributed by atoms with Gasteiger partial charge >= 0.3 is 0 Å².